The lowest BCUT2D eigenvalue weighted by Crippen LogP contribution is -2.46. The number of H-pyrrole nitrogens is 1. The highest BCUT2D eigenvalue weighted by molar-refractivity contribution is 5.90. The largest absolute Gasteiger partial charge is 0.421 e. The molecule has 10 heteroatoms. The molecule has 0 spiro atoms. The number of nitrogens with zero attached hydrogens (tertiary/aromatic N) is 5. The van der Waals surface area contributed by atoms with E-state index in [1.54, 1.807) is 6.07 Å². The number of hydrogen-bond acceptors (Lipinski definition) is 7. The first kappa shape index (κ1) is 25.2. The van der Waals surface area contributed by atoms with Gasteiger partial charge in [-0.1, -0.05) is 0 Å². The maximum absolute atomic E-state index is 14.8. The third-order valence-electron chi connectivity index (χ3n) is 6.81. The summed E-state index contributed by atoms with van der Waals surface area (Å²) in [5.41, 5.74) is 9.01. The predicted octanol–water partition coefficient (Wildman–Crippen LogP) is 4.00. The molecule has 3 heterocycles. The average Bonchev–Trinajstić information content (AvgIpc) is 3.34. The number of primary amides is 1. The van der Waals surface area contributed by atoms with Crippen LogP contribution >= 0.6 is 0 Å². The lowest BCUT2D eigenvalue weighted by molar-refractivity contribution is 0.0994. The quantitative estimate of drug-likeness (QED) is 0.324. The number of nitrogens with two attached hydrogens (primary N) is 1. The molecule has 3 N–H and O–H groups in total. The van der Waals surface area contributed by atoms with Gasteiger partial charge >= 0.3 is 6.01 Å². The third kappa shape index (κ3) is 5.74. The van der Waals surface area contributed by atoms with E-state index in [0.29, 0.717) is 5.56 Å². The Morgan fingerprint density at radius 1 is 1.13 bits per heavy atom. The number of nitrogens with one attached hydrogen (secondary N) is 1. The van der Waals surface area contributed by atoms with Crippen molar-refractivity contribution in [3.63, 3.8) is 0 Å². The van der Waals surface area contributed by atoms with Gasteiger partial charge in [-0.25, -0.2) is 9.37 Å². The molecule has 0 atom stereocenters. The summed E-state index contributed by atoms with van der Waals surface area (Å²) >= 11 is 0. The van der Waals surface area contributed by atoms with Crippen LogP contribution in [0, 0.1) is 17.1 Å². The SMILES string of the molecule is N#Cc1ccc2[nH]cc(CCCCN3CCN(c4ccc(Oc5nccc(C(N)=O)n5)c(F)c4)CC3)c2c1. The van der Waals surface area contributed by atoms with Crippen LogP contribution in [0.15, 0.2) is 54.9 Å². The van der Waals surface area contributed by atoms with E-state index in [1.807, 2.05) is 30.5 Å². The minimum absolute atomic E-state index is 0.00273. The van der Waals surface area contributed by atoms with Crippen LogP contribution in [0.1, 0.15) is 34.5 Å². The van der Waals surface area contributed by atoms with E-state index < -0.39 is 11.7 Å². The number of rotatable bonds is 9. The van der Waals surface area contributed by atoms with Gasteiger partial charge in [-0.15, -0.1) is 0 Å². The van der Waals surface area contributed by atoms with Crippen molar-refractivity contribution in [2.75, 3.05) is 37.6 Å². The Kier molecular flexibility index (Phi) is 7.47. The second kappa shape index (κ2) is 11.3. The number of aryl methyl sites for hydroxylation is 1. The normalized spacial score (nSPS) is 13.9. The van der Waals surface area contributed by atoms with Crippen LogP contribution in [0.5, 0.6) is 11.8 Å². The van der Waals surface area contributed by atoms with Crippen molar-refractivity contribution in [2.45, 2.75) is 19.3 Å². The molecule has 0 radical (unpaired) electrons. The second-order valence-corrected chi connectivity index (χ2v) is 9.28. The molecule has 4 aromatic rings. The molecule has 1 fully saturated rings. The van der Waals surface area contributed by atoms with E-state index in [0.717, 1.165) is 68.6 Å². The maximum atomic E-state index is 14.8. The van der Waals surface area contributed by atoms with E-state index >= 15 is 0 Å². The van der Waals surface area contributed by atoms with Gasteiger partial charge < -0.3 is 20.4 Å². The Labute approximate surface area is 219 Å². The summed E-state index contributed by atoms with van der Waals surface area (Å²) in [6, 6.07) is 14.0. The number of carbonyl (C=O) groups excluding carboxylic acids is 1. The lowest BCUT2D eigenvalue weighted by atomic mass is 10.1. The Balaban J connectivity index is 1.09. The molecule has 2 aromatic heterocycles. The first-order valence-electron chi connectivity index (χ1n) is 12.6. The molecule has 1 aliphatic heterocycles. The van der Waals surface area contributed by atoms with Gasteiger partial charge in [0.2, 0.25) is 0 Å². The molecule has 38 heavy (non-hydrogen) atoms. The second-order valence-electron chi connectivity index (χ2n) is 9.28. The number of carbonyl (C=O) groups is 1. The van der Waals surface area contributed by atoms with Gasteiger partial charge in [0.05, 0.1) is 11.6 Å². The van der Waals surface area contributed by atoms with Crippen molar-refractivity contribution >= 4 is 22.5 Å². The van der Waals surface area contributed by atoms with Crippen LogP contribution in [0.4, 0.5) is 10.1 Å². The average molecular weight is 514 g/mol. The maximum Gasteiger partial charge on any atom is 0.322 e. The smallest absolute Gasteiger partial charge is 0.322 e. The molecule has 0 bridgehead atoms. The van der Waals surface area contributed by atoms with Crippen LogP contribution < -0.4 is 15.4 Å². The molecular weight excluding hydrogens is 485 g/mol. The van der Waals surface area contributed by atoms with Crippen molar-refractivity contribution in [3.8, 4) is 17.8 Å². The molecule has 0 saturated carbocycles. The van der Waals surface area contributed by atoms with Crippen molar-refractivity contribution in [1.82, 2.24) is 19.9 Å². The minimum atomic E-state index is -0.711. The number of benzene rings is 2. The number of halogens is 1. The highest BCUT2D eigenvalue weighted by atomic mass is 19.1. The molecule has 0 aliphatic carbocycles. The van der Waals surface area contributed by atoms with Crippen LogP contribution in [-0.2, 0) is 6.42 Å². The fourth-order valence-corrected chi connectivity index (χ4v) is 4.73. The summed E-state index contributed by atoms with van der Waals surface area (Å²) in [5.74, 6) is -1.26. The standard InChI is InChI=1S/C28H28FN7O2/c29-23-16-21(5-7-26(23)38-28-32-9-8-25(34-28)27(31)37)36-13-11-35(12-14-36)10-2-1-3-20-18-33-24-6-4-19(17-30)15-22(20)24/h4-9,15-16,18,33H,1-3,10-14H2,(H2,31,37). The highest BCUT2D eigenvalue weighted by Gasteiger charge is 2.19. The van der Waals surface area contributed by atoms with E-state index in [4.69, 9.17) is 15.7 Å². The first-order valence-corrected chi connectivity index (χ1v) is 12.6. The zero-order valence-corrected chi connectivity index (χ0v) is 20.9. The summed E-state index contributed by atoms with van der Waals surface area (Å²) < 4.78 is 20.2. The monoisotopic (exact) mass is 513 g/mol. The Morgan fingerprint density at radius 2 is 1.97 bits per heavy atom. The molecule has 1 amide bonds. The van der Waals surface area contributed by atoms with Crippen LogP contribution in [0.3, 0.4) is 0 Å². The van der Waals surface area contributed by atoms with Gasteiger partial charge in [0.25, 0.3) is 5.91 Å². The first-order chi connectivity index (χ1) is 18.5. The number of aromatic nitrogens is 3. The van der Waals surface area contributed by atoms with Gasteiger partial charge in [-0.3, -0.25) is 9.69 Å². The number of piperazine rings is 1. The fraction of sp³-hybridized carbons (Fsp3) is 0.286. The summed E-state index contributed by atoms with van der Waals surface area (Å²) in [6.07, 6.45) is 6.51. The number of nitriles is 1. The van der Waals surface area contributed by atoms with E-state index in [-0.39, 0.29) is 17.5 Å². The summed E-state index contributed by atoms with van der Waals surface area (Å²) in [4.78, 5) is 27.0. The number of hydrogen-bond donors (Lipinski definition) is 2. The van der Waals surface area contributed by atoms with Crippen molar-refractivity contribution in [1.29, 1.82) is 5.26 Å². The number of fused-ring (bicyclic) bond motifs is 1. The van der Waals surface area contributed by atoms with Crippen LogP contribution in [0.25, 0.3) is 10.9 Å². The molecule has 0 unspecified atom stereocenters. The van der Waals surface area contributed by atoms with Crippen LogP contribution in [0.2, 0.25) is 0 Å². The zero-order valence-electron chi connectivity index (χ0n) is 20.9. The summed E-state index contributed by atoms with van der Waals surface area (Å²) in [7, 11) is 0. The number of ether oxygens (including phenoxy) is 1. The summed E-state index contributed by atoms with van der Waals surface area (Å²) in [6.45, 7) is 4.45. The van der Waals surface area contributed by atoms with Gasteiger partial charge in [-0.05, 0) is 67.8 Å². The molecule has 2 aromatic carbocycles. The van der Waals surface area contributed by atoms with Gasteiger partial charge in [0, 0.05) is 61.2 Å². The number of unbranched alkanes of at least 4 members (excludes halogenated alkanes) is 1. The van der Waals surface area contributed by atoms with Crippen molar-refractivity contribution in [2.24, 2.45) is 5.73 Å². The third-order valence-corrected chi connectivity index (χ3v) is 6.81. The fourth-order valence-electron chi connectivity index (χ4n) is 4.73. The topological polar surface area (TPSA) is 124 Å². The van der Waals surface area contributed by atoms with Gasteiger partial charge in [0.15, 0.2) is 11.6 Å². The van der Waals surface area contributed by atoms with Crippen molar-refractivity contribution < 1.29 is 13.9 Å². The van der Waals surface area contributed by atoms with Gasteiger partial charge in [0.1, 0.15) is 5.69 Å². The zero-order chi connectivity index (χ0) is 26.5. The van der Waals surface area contributed by atoms with Crippen molar-refractivity contribution in [3.05, 3.63) is 77.5 Å². The Hall–Kier alpha value is -4.49. The van der Waals surface area contributed by atoms with E-state index in [1.165, 1.54) is 23.9 Å². The Morgan fingerprint density at radius 3 is 2.74 bits per heavy atom. The molecule has 9 nitrogen and oxygen atoms in total. The lowest BCUT2D eigenvalue weighted by Gasteiger charge is -2.36. The van der Waals surface area contributed by atoms with E-state index in [2.05, 4.69) is 30.8 Å². The Bertz CT molecular complexity index is 1490. The minimum Gasteiger partial charge on any atom is -0.421 e. The van der Waals surface area contributed by atoms with E-state index in [9.17, 15) is 9.18 Å². The summed E-state index contributed by atoms with van der Waals surface area (Å²) in [5, 5.41) is 10.3. The number of amides is 1. The molecule has 1 saturated heterocycles. The number of aromatic amines is 1. The highest BCUT2D eigenvalue weighted by Crippen LogP contribution is 2.27. The number of anilines is 1. The van der Waals surface area contributed by atoms with Gasteiger partial charge in [-0.2, -0.15) is 10.2 Å². The predicted molar refractivity (Wildman–Crippen MR) is 142 cm³/mol. The van der Waals surface area contributed by atoms with Crippen LogP contribution in [-0.4, -0.2) is 58.5 Å². The molecule has 194 valence electrons. The molecule has 1 aliphatic rings. The molecular formula is C28H28FN7O2. The molecule has 5 rings (SSSR count).